The Kier molecular flexibility index (Phi) is 7.75. The maximum Gasteiger partial charge on any atom is 0.244 e. The number of nitrogens with one attached hydrogen (secondary N) is 2. The Labute approximate surface area is 131 Å². The first-order valence-corrected chi connectivity index (χ1v) is 7.38. The van der Waals surface area contributed by atoms with E-state index in [1.807, 2.05) is 31.2 Å². The zero-order chi connectivity index (χ0) is 16.4. The second kappa shape index (κ2) is 9.60. The van der Waals surface area contributed by atoms with E-state index in [2.05, 4.69) is 10.6 Å². The van der Waals surface area contributed by atoms with E-state index in [9.17, 15) is 9.59 Å². The van der Waals surface area contributed by atoms with Gasteiger partial charge < -0.3 is 15.4 Å². The molecule has 0 heterocycles. The number of hydrogen-bond acceptors (Lipinski definition) is 3. The fraction of sp³-hybridized carbons (Fsp3) is 0.412. The zero-order valence-corrected chi connectivity index (χ0v) is 13.4. The minimum absolute atomic E-state index is 0.0258. The summed E-state index contributed by atoms with van der Waals surface area (Å²) in [6, 6.07) is 7.58. The first kappa shape index (κ1) is 17.8. The second-order valence-corrected chi connectivity index (χ2v) is 5.04. The maximum absolute atomic E-state index is 11.8. The van der Waals surface area contributed by atoms with Crippen molar-refractivity contribution in [2.45, 2.75) is 26.7 Å². The van der Waals surface area contributed by atoms with Gasteiger partial charge in [-0.1, -0.05) is 12.1 Å². The highest BCUT2D eigenvalue weighted by Gasteiger charge is 2.01. The van der Waals surface area contributed by atoms with E-state index in [0.29, 0.717) is 13.1 Å². The number of allylic oxidation sites excluding steroid dienone is 1. The van der Waals surface area contributed by atoms with E-state index in [-0.39, 0.29) is 11.8 Å². The Morgan fingerprint density at radius 1 is 1.05 bits per heavy atom. The van der Waals surface area contributed by atoms with Crippen LogP contribution in [-0.4, -0.2) is 32.0 Å². The van der Waals surface area contributed by atoms with E-state index in [0.717, 1.165) is 29.7 Å². The number of amides is 2. The SMILES string of the molecule is COc1ccc(/C(C)=C/C(=O)NCCCCNC(C)=O)cc1. The molecule has 0 aliphatic heterocycles. The van der Waals surface area contributed by atoms with Gasteiger partial charge in [0.2, 0.25) is 11.8 Å². The predicted molar refractivity (Wildman–Crippen MR) is 87.6 cm³/mol. The second-order valence-electron chi connectivity index (χ2n) is 5.04. The normalized spacial score (nSPS) is 11.0. The summed E-state index contributed by atoms with van der Waals surface area (Å²) in [5.74, 6) is 0.662. The molecule has 0 aromatic heterocycles. The fourth-order valence-electron chi connectivity index (χ4n) is 1.91. The molecule has 0 aliphatic rings. The van der Waals surface area contributed by atoms with E-state index in [4.69, 9.17) is 4.74 Å². The van der Waals surface area contributed by atoms with Gasteiger partial charge in [0.1, 0.15) is 5.75 Å². The number of ether oxygens (including phenoxy) is 1. The Balaban J connectivity index is 2.34. The van der Waals surface area contributed by atoms with E-state index < -0.39 is 0 Å². The number of benzene rings is 1. The third-order valence-corrected chi connectivity index (χ3v) is 3.17. The van der Waals surface area contributed by atoms with Crippen LogP contribution in [0.3, 0.4) is 0 Å². The first-order chi connectivity index (χ1) is 10.5. The van der Waals surface area contributed by atoms with Gasteiger partial charge in [-0.3, -0.25) is 9.59 Å². The van der Waals surface area contributed by atoms with Crippen molar-refractivity contribution < 1.29 is 14.3 Å². The zero-order valence-electron chi connectivity index (χ0n) is 13.4. The fourth-order valence-corrected chi connectivity index (χ4v) is 1.91. The van der Waals surface area contributed by atoms with Crippen LogP contribution in [0.15, 0.2) is 30.3 Å². The minimum Gasteiger partial charge on any atom is -0.497 e. The summed E-state index contributed by atoms with van der Waals surface area (Å²) in [4.78, 5) is 22.5. The van der Waals surface area contributed by atoms with Crippen LogP contribution >= 0.6 is 0 Å². The lowest BCUT2D eigenvalue weighted by atomic mass is 10.1. The highest BCUT2D eigenvalue weighted by Crippen LogP contribution is 2.17. The quantitative estimate of drug-likeness (QED) is 0.571. The third kappa shape index (κ3) is 6.92. The Hall–Kier alpha value is -2.30. The van der Waals surface area contributed by atoms with Gasteiger partial charge in [-0.25, -0.2) is 0 Å². The van der Waals surface area contributed by atoms with Crippen LogP contribution < -0.4 is 15.4 Å². The molecule has 2 N–H and O–H groups in total. The van der Waals surface area contributed by atoms with Crippen molar-refractivity contribution in [3.05, 3.63) is 35.9 Å². The molecule has 0 spiro atoms. The summed E-state index contributed by atoms with van der Waals surface area (Å²) in [7, 11) is 1.62. The number of unbranched alkanes of at least 4 members (excludes halogenated alkanes) is 1. The molecule has 0 atom stereocenters. The molecular formula is C17H24N2O3. The first-order valence-electron chi connectivity index (χ1n) is 7.38. The Morgan fingerprint density at radius 2 is 1.64 bits per heavy atom. The molecule has 0 fully saturated rings. The van der Waals surface area contributed by atoms with Gasteiger partial charge in [-0.05, 0) is 43.0 Å². The molecule has 0 aliphatic carbocycles. The van der Waals surface area contributed by atoms with Crippen molar-refractivity contribution >= 4 is 17.4 Å². The third-order valence-electron chi connectivity index (χ3n) is 3.17. The lowest BCUT2D eigenvalue weighted by Gasteiger charge is -2.06. The molecular weight excluding hydrogens is 280 g/mol. The lowest BCUT2D eigenvalue weighted by Crippen LogP contribution is -2.25. The molecule has 0 saturated heterocycles. The van der Waals surface area contributed by atoms with Crippen LogP contribution in [-0.2, 0) is 9.59 Å². The monoisotopic (exact) mass is 304 g/mol. The summed E-state index contributed by atoms with van der Waals surface area (Å²) in [6.07, 6.45) is 3.28. The van der Waals surface area contributed by atoms with Crippen molar-refractivity contribution in [3.63, 3.8) is 0 Å². The molecule has 0 saturated carbocycles. The van der Waals surface area contributed by atoms with Crippen molar-refractivity contribution in [2.24, 2.45) is 0 Å². The van der Waals surface area contributed by atoms with Crippen LogP contribution in [0, 0.1) is 0 Å². The van der Waals surface area contributed by atoms with Crippen LogP contribution in [0.5, 0.6) is 5.75 Å². The van der Waals surface area contributed by atoms with Crippen LogP contribution in [0.4, 0.5) is 0 Å². The molecule has 2 amide bonds. The smallest absolute Gasteiger partial charge is 0.244 e. The summed E-state index contributed by atoms with van der Waals surface area (Å²) in [5, 5.41) is 5.56. The van der Waals surface area contributed by atoms with Crippen LogP contribution in [0.1, 0.15) is 32.3 Å². The topological polar surface area (TPSA) is 67.4 Å². The Bertz CT molecular complexity index is 521. The molecule has 1 aromatic rings. The average Bonchev–Trinajstić information content (AvgIpc) is 2.50. The van der Waals surface area contributed by atoms with Gasteiger partial charge in [0.25, 0.3) is 0 Å². The minimum atomic E-state index is -0.104. The molecule has 120 valence electrons. The highest BCUT2D eigenvalue weighted by molar-refractivity contribution is 5.94. The summed E-state index contributed by atoms with van der Waals surface area (Å²) >= 11 is 0. The number of hydrogen-bond donors (Lipinski definition) is 2. The van der Waals surface area contributed by atoms with Crippen molar-refractivity contribution in [1.82, 2.24) is 10.6 Å². The molecule has 0 unspecified atom stereocenters. The molecule has 5 heteroatoms. The van der Waals surface area contributed by atoms with E-state index in [1.54, 1.807) is 13.2 Å². The van der Waals surface area contributed by atoms with Gasteiger partial charge >= 0.3 is 0 Å². The number of rotatable bonds is 8. The van der Waals surface area contributed by atoms with Crippen LogP contribution in [0.2, 0.25) is 0 Å². The highest BCUT2D eigenvalue weighted by atomic mass is 16.5. The molecule has 0 bridgehead atoms. The summed E-state index contributed by atoms with van der Waals surface area (Å²) in [6.45, 7) is 4.64. The number of carbonyl (C=O) groups excluding carboxylic acids is 2. The van der Waals surface area contributed by atoms with E-state index in [1.165, 1.54) is 6.92 Å². The molecule has 22 heavy (non-hydrogen) atoms. The number of methoxy groups -OCH3 is 1. The molecule has 0 radical (unpaired) electrons. The summed E-state index contributed by atoms with van der Waals surface area (Å²) in [5.41, 5.74) is 1.89. The predicted octanol–water partition coefficient (Wildman–Crippen LogP) is 2.13. The summed E-state index contributed by atoms with van der Waals surface area (Å²) < 4.78 is 5.11. The maximum atomic E-state index is 11.8. The van der Waals surface area contributed by atoms with Gasteiger partial charge in [0.15, 0.2) is 0 Å². The lowest BCUT2D eigenvalue weighted by molar-refractivity contribution is -0.119. The van der Waals surface area contributed by atoms with E-state index >= 15 is 0 Å². The largest absolute Gasteiger partial charge is 0.497 e. The standard InChI is InChI=1S/C17H24N2O3/c1-13(15-6-8-16(22-3)9-7-15)12-17(21)19-11-5-4-10-18-14(2)20/h6-9,12H,4-5,10-11H2,1-3H3,(H,18,20)(H,19,21)/b13-12+. The Morgan fingerprint density at radius 3 is 2.18 bits per heavy atom. The van der Waals surface area contributed by atoms with Crippen molar-refractivity contribution in [3.8, 4) is 5.75 Å². The van der Waals surface area contributed by atoms with Crippen molar-refractivity contribution in [1.29, 1.82) is 0 Å². The average molecular weight is 304 g/mol. The van der Waals surface area contributed by atoms with Gasteiger partial charge in [-0.15, -0.1) is 0 Å². The number of carbonyl (C=O) groups is 2. The van der Waals surface area contributed by atoms with Gasteiger partial charge in [0, 0.05) is 26.1 Å². The molecule has 5 nitrogen and oxygen atoms in total. The molecule has 1 rings (SSSR count). The van der Waals surface area contributed by atoms with Gasteiger partial charge in [-0.2, -0.15) is 0 Å². The van der Waals surface area contributed by atoms with Crippen LogP contribution in [0.25, 0.3) is 5.57 Å². The van der Waals surface area contributed by atoms with Crippen molar-refractivity contribution in [2.75, 3.05) is 20.2 Å². The van der Waals surface area contributed by atoms with Gasteiger partial charge in [0.05, 0.1) is 7.11 Å². The molecule has 1 aromatic carbocycles.